The van der Waals surface area contributed by atoms with Crippen molar-refractivity contribution in [1.82, 2.24) is 0 Å². The van der Waals surface area contributed by atoms with Gasteiger partial charge in [-0.3, -0.25) is 4.79 Å². The van der Waals surface area contributed by atoms with Crippen molar-refractivity contribution in [3.05, 3.63) is 28.8 Å². The lowest BCUT2D eigenvalue weighted by atomic mass is 10.1. The van der Waals surface area contributed by atoms with Gasteiger partial charge in [0.05, 0.1) is 17.4 Å². The van der Waals surface area contributed by atoms with Crippen LogP contribution in [0, 0.1) is 0 Å². The number of nitrogens with zero attached hydrogens (tertiary/aromatic N) is 1. The molecule has 0 radical (unpaired) electrons. The summed E-state index contributed by atoms with van der Waals surface area (Å²) >= 11 is 5.87. The van der Waals surface area contributed by atoms with Gasteiger partial charge in [0.2, 0.25) is 0 Å². The maximum absolute atomic E-state index is 11.4. The number of aliphatic hydroxyl groups excluding tert-OH is 1. The fourth-order valence-corrected chi connectivity index (χ4v) is 2.43. The molecule has 2 unspecified atom stereocenters. The van der Waals surface area contributed by atoms with E-state index in [1.807, 2.05) is 0 Å². The van der Waals surface area contributed by atoms with E-state index in [-0.39, 0.29) is 18.5 Å². The average molecular weight is 285 g/mol. The van der Waals surface area contributed by atoms with Crippen molar-refractivity contribution >= 4 is 29.2 Å². The summed E-state index contributed by atoms with van der Waals surface area (Å²) < 4.78 is 0. The SMILES string of the molecule is NC(=O)c1ccc(Cl)cc1N1CC(O)CC1C(=O)O. The van der Waals surface area contributed by atoms with E-state index in [4.69, 9.17) is 22.4 Å². The maximum Gasteiger partial charge on any atom is 0.326 e. The largest absolute Gasteiger partial charge is 0.480 e. The molecular formula is C12H13ClN2O4. The molecule has 6 nitrogen and oxygen atoms in total. The number of primary amides is 1. The van der Waals surface area contributed by atoms with E-state index in [0.29, 0.717) is 10.7 Å². The Morgan fingerprint density at radius 3 is 2.68 bits per heavy atom. The molecule has 102 valence electrons. The predicted octanol–water partition coefficient (Wildman–Crippen LogP) is 0.463. The molecule has 0 saturated carbocycles. The average Bonchev–Trinajstić information content (AvgIpc) is 2.70. The number of rotatable bonds is 3. The second-order valence-electron chi connectivity index (χ2n) is 4.42. The van der Waals surface area contributed by atoms with Crippen molar-refractivity contribution in [2.24, 2.45) is 5.73 Å². The highest BCUT2D eigenvalue weighted by Crippen LogP contribution is 2.31. The van der Waals surface area contributed by atoms with Gasteiger partial charge in [-0.05, 0) is 18.2 Å². The Morgan fingerprint density at radius 2 is 2.11 bits per heavy atom. The molecule has 1 aromatic rings. The molecule has 4 N–H and O–H groups in total. The third kappa shape index (κ3) is 2.64. The van der Waals surface area contributed by atoms with Gasteiger partial charge in [-0.1, -0.05) is 11.6 Å². The molecule has 1 fully saturated rings. The molecule has 1 saturated heterocycles. The lowest BCUT2D eigenvalue weighted by Crippen LogP contribution is -2.37. The summed E-state index contributed by atoms with van der Waals surface area (Å²) in [5, 5.41) is 19.2. The quantitative estimate of drug-likeness (QED) is 0.748. The monoisotopic (exact) mass is 284 g/mol. The smallest absolute Gasteiger partial charge is 0.326 e. The number of hydrogen-bond acceptors (Lipinski definition) is 4. The normalized spacial score (nSPS) is 22.5. The number of carbonyl (C=O) groups excluding carboxylic acids is 1. The van der Waals surface area contributed by atoms with Crippen LogP contribution in [0.4, 0.5) is 5.69 Å². The Balaban J connectivity index is 2.47. The molecule has 1 aromatic carbocycles. The van der Waals surface area contributed by atoms with Crippen molar-refractivity contribution in [3.8, 4) is 0 Å². The zero-order chi connectivity index (χ0) is 14.2. The highest BCUT2D eigenvalue weighted by atomic mass is 35.5. The number of hydrogen-bond donors (Lipinski definition) is 3. The number of carbonyl (C=O) groups is 2. The molecule has 1 amide bonds. The number of aliphatic carboxylic acids is 1. The summed E-state index contributed by atoms with van der Waals surface area (Å²) in [4.78, 5) is 24.0. The van der Waals surface area contributed by atoms with E-state index in [0.717, 1.165) is 0 Å². The number of benzene rings is 1. The summed E-state index contributed by atoms with van der Waals surface area (Å²) in [5.74, 6) is -1.73. The van der Waals surface area contributed by atoms with Crippen LogP contribution in [0.15, 0.2) is 18.2 Å². The number of β-amino-alcohol motifs (C(OH)–C–C–N with tert-alkyl or cyclic N) is 1. The minimum Gasteiger partial charge on any atom is -0.480 e. The Bertz CT molecular complexity index is 534. The van der Waals surface area contributed by atoms with Crippen molar-refractivity contribution in [1.29, 1.82) is 0 Å². The van der Waals surface area contributed by atoms with E-state index in [2.05, 4.69) is 0 Å². The fraction of sp³-hybridized carbons (Fsp3) is 0.333. The van der Waals surface area contributed by atoms with E-state index >= 15 is 0 Å². The van der Waals surface area contributed by atoms with Crippen LogP contribution in [0.25, 0.3) is 0 Å². The van der Waals surface area contributed by atoms with Crippen LogP contribution in [-0.4, -0.2) is 40.8 Å². The van der Waals surface area contributed by atoms with Crippen molar-refractivity contribution in [2.45, 2.75) is 18.6 Å². The Kier molecular flexibility index (Phi) is 3.64. The van der Waals surface area contributed by atoms with Crippen LogP contribution < -0.4 is 10.6 Å². The third-order valence-corrected chi connectivity index (χ3v) is 3.33. The number of carboxylic acid groups (broad SMARTS) is 1. The second kappa shape index (κ2) is 5.07. The van der Waals surface area contributed by atoms with E-state index < -0.39 is 24.0 Å². The minimum absolute atomic E-state index is 0.0973. The van der Waals surface area contributed by atoms with Gasteiger partial charge < -0.3 is 20.8 Å². The molecule has 7 heteroatoms. The van der Waals surface area contributed by atoms with E-state index in [1.165, 1.54) is 23.1 Å². The number of carboxylic acids is 1. The van der Waals surface area contributed by atoms with Gasteiger partial charge in [0.15, 0.2) is 0 Å². The summed E-state index contributed by atoms with van der Waals surface area (Å²) in [5.41, 5.74) is 5.79. The van der Waals surface area contributed by atoms with Crippen LogP contribution in [0.1, 0.15) is 16.8 Å². The van der Waals surface area contributed by atoms with Crippen molar-refractivity contribution in [2.75, 3.05) is 11.4 Å². The maximum atomic E-state index is 11.4. The Morgan fingerprint density at radius 1 is 1.42 bits per heavy atom. The second-order valence-corrected chi connectivity index (χ2v) is 4.86. The van der Waals surface area contributed by atoms with E-state index in [9.17, 15) is 14.7 Å². The molecule has 0 bridgehead atoms. The molecule has 2 rings (SSSR count). The zero-order valence-electron chi connectivity index (χ0n) is 9.91. The van der Waals surface area contributed by atoms with Crippen LogP contribution in [0.2, 0.25) is 5.02 Å². The van der Waals surface area contributed by atoms with Gasteiger partial charge in [-0.2, -0.15) is 0 Å². The summed E-state index contributed by atoms with van der Waals surface area (Å²) in [6.45, 7) is 0.123. The first-order chi connectivity index (χ1) is 8.90. The first-order valence-corrected chi connectivity index (χ1v) is 6.05. The number of amides is 1. The zero-order valence-corrected chi connectivity index (χ0v) is 10.7. The minimum atomic E-state index is -1.06. The van der Waals surface area contributed by atoms with Crippen LogP contribution in [0.5, 0.6) is 0 Å². The lowest BCUT2D eigenvalue weighted by Gasteiger charge is -2.25. The van der Waals surface area contributed by atoms with Crippen LogP contribution in [0.3, 0.4) is 0 Å². The Labute approximate surface area is 114 Å². The topological polar surface area (TPSA) is 104 Å². The number of halogens is 1. The molecule has 0 aromatic heterocycles. The van der Waals surface area contributed by atoms with Crippen molar-refractivity contribution < 1.29 is 19.8 Å². The van der Waals surface area contributed by atoms with Gasteiger partial charge in [-0.25, -0.2) is 4.79 Å². The summed E-state index contributed by atoms with van der Waals surface area (Å²) in [6.07, 6.45) is -0.666. The van der Waals surface area contributed by atoms with E-state index in [1.54, 1.807) is 0 Å². The standard InChI is InChI=1S/C12H13ClN2O4/c13-6-1-2-8(11(14)17)9(3-6)15-5-7(16)4-10(15)12(18)19/h1-3,7,10,16H,4-5H2,(H2,14,17)(H,18,19). The highest BCUT2D eigenvalue weighted by molar-refractivity contribution is 6.31. The van der Waals surface area contributed by atoms with Crippen LogP contribution >= 0.6 is 11.6 Å². The molecule has 0 aliphatic carbocycles. The summed E-state index contributed by atoms with van der Waals surface area (Å²) in [6, 6.07) is 3.54. The highest BCUT2D eigenvalue weighted by Gasteiger charge is 2.37. The van der Waals surface area contributed by atoms with Crippen molar-refractivity contribution in [3.63, 3.8) is 0 Å². The fourth-order valence-electron chi connectivity index (χ4n) is 2.26. The van der Waals surface area contributed by atoms with Crippen LogP contribution in [-0.2, 0) is 4.79 Å². The molecule has 19 heavy (non-hydrogen) atoms. The number of nitrogens with two attached hydrogens (primary N) is 1. The molecular weight excluding hydrogens is 272 g/mol. The van der Waals surface area contributed by atoms with Gasteiger partial charge in [-0.15, -0.1) is 0 Å². The third-order valence-electron chi connectivity index (χ3n) is 3.10. The predicted molar refractivity (Wildman–Crippen MR) is 69.4 cm³/mol. The first kappa shape index (κ1) is 13.6. The molecule has 1 heterocycles. The molecule has 2 atom stereocenters. The van der Waals surface area contributed by atoms with Gasteiger partial charge >= 0.3 is 5.97 Å². The lowest BCUT2D eigenvalue weighted by molar-refractivity contribution is -0.138. The van der Waals surface area contributed by atoms with Gasteiger partial charge in [0, 0.05) is 18.0 Å². The summed E-state index contributed by atoms with van der Waals surface area (Å²) in [7, 11) is 0. The first-order valence-electron chi connectivity index (χ1n) is 5.67. The Hall–Kier alpha value is -1.79. The molecule has 1 aliphatic heterocycles. The number of anilines is 1. The number of aliphatic hydroxyl groups is 1. The molecule has 0 spiro atoms. The van der Waals surface area contributed by atoms with Gasteiger partial charge in [0.1, 0.15) is 6.04 Å². The molecule has 1 aliphatic rings. The van der Waals surface area contributed by atoms with Gasteiger partial charge in [0.25, 0.3) is 5.91 Å².